The summed E-state index contributed by atoms with van der Waals surface area (Å²) in [6, 6.07) is 9.12. The number of aromatic nitrogens is 1. The number of anilines is 1. The molecule has 0 unspecified atom stereocenters. The summed E-state index contributed by atoms with van der Waals surface area (Å²) in [6.07, 6.45) is 0.347. The number of carbonyl (C=O) groups excluding carboxylic acids is 2. The van der Waals surface area contributed by atoms with Crippen LogP contribution >= 0.6 is 22.9 Å². The number of hydrogen-bond acceptors (Lipinski definition) is 5. The molecule has 0 fully saturated rings. The fourth-order valence-corrected chi connectivity index (χ4v) is 3.15. The van der Waals surface area contributed by atoms with E-state index in [9.17, 15) is 14.0 Å². The van der Waals surface area contributed by atoms with E-state index in [-0.39, 0.29) is 4.88 Å². The van der Waals surface area contributed by atoms with Gasteiger partial charge in [-0.2, -0.15) is 0 Å². The van der Waals surface area contributed by atoms with Crippen molar-refractivity contribution >= 4 is 50.7 Å². The second kappa shape index (κ2) is 7.16. The normalized spacial score (nSPS) is 12.0. The first kappa shape index (κ1) is 17.3. The molecule has 1 N–H and O–H groups in total. The number of ether oxygens (including phenoxy) is 1. The van der Waals surface area contributed by atoms with Gasteiger partial charge in [0.05, 0.1) is 5.02 Å². The maximum Gasteiger partial charge on any atom is 0.349 e. The van der Waals surface area contributed by atoms with Crippen LogP contribution in [0.4, 0.5) is 10.2 Å². The van der Waals surface area contributed by atoms with Gasteiger partial charge in [-0.1, -0.05) is 17.7 Å². The van der Waals surface area contributed by atoms with Crippen LogP contribution in [0, 0.1) is 5.82 Å². The minimum atomic E-state index is -1.04. The molecule has 2 heterocycles. The number of nitrogens with zero attached hydrogens (tertiary/aromatic N) is 1. The van der Waals surface area contributed by atoms with Crippen molar-refractivity contribution in [1.29, 1.82) is 0 Å². The number of pyridine rings is 1. The number of hydrogen-bond donors (Lipinski definition) is 1. The lowest BCUT2D eigenvalue weighted by molar-refractivity contribution is -0.123. The molecule has 25 heavy (non-hydrogen) atoms. The molecule has 0 spiro atoms. The third kappa shape index (κ3) is 3.94. The highest BCUT2D eigenvalue weighted by molar-refractivity contribution is 7.20. The number of thiophene rings is 1. The first-order valence-corrected chi connectivity index (χ1v) is 8.45. The fourth-order valence-electron chi connectivity index (χ4n) is 2.08. The predicted molar refractivity (Wildman–Crippen MR) is 94.5 cm³/mol. The summed E-state index contributed by atoms with van der Waals surface area (Å²) in [4.78, 5) is 28.4. The SMILES string of the molecule is C[C@@H](OC(=O)c1cc2c(F)cccc2s1)C(=O)Nc1ccc(Cl)cn1. The summed E-state index contributed by atoms with van der Waals surface area (Å²) >= 11 is 6.83. The lowest BCUT2D eigenvalue weighted by Gasteiger charge is -2.12. The Hall–Kier alpha value is -2.51. The van der Waals surface area contributed by atoms with Crippen LogP contribution in [-0.2, 0) is 9.53 Å². The van der Waals surface area contributed by atoms with E-state index in [1.54, 1.807) is 18.2 Å². The third-order valence-corrected chi connectivity index (χ3v) is 4.65. The van der Waals surface area contributed by atoms with Gasteiger partial charge in [0, 0.05) is 16.3 Å². The van der Waals surface area contributed by atoms with Crippen molar-refractivity contribution < 1.29 is 18.7 Å². The van der Waals surface area contributed by atoms with Crippen LogP contribution in [0.3, 0.4) is 0 Å². The van der Waals surface area contributed by atoms with E-state index in [0.29, 0.717) is 20.9 Å². The van der Waals surface area contributed by atoms with Gasteiger partial charge in [-0.15, -0.1) is 11.3 Å². The quantitative estimate of drug-likeness (QED) is 0.688. The maximum absolute atomic E-state index is 13.7. The fraction of sp³-hybridized carbons (Fsp3) is 0.118. The van der Waals surface area contributed by atoms with E-state index in [4.69, 9.17) is 16.3 Å². The molecule has 1 atom stereocenters. The Morgan fingerprint density at radius 1 is 1.32 bits per heavy atom. The standard InChI is InChI=1S/C17H12ClFN2O3S/c1-9(16(22)21-15-6-5-10(18)8-20-15)24-17(23)14-7-11-12(19)3-2-4-13(11)25-14/h2-9H,1H3,(H,20,21,22)/t9-/m1/s1. The third-order valence-electron chi connectivity index (χ3n) is 3.34. The van der Waals surface area contributed by atoms with Gasteiger partial charge in [0.15, 0.2) is 6.10 Å². The zero-order chi connectivity index (χ0) is 18.0. The van der Waals surface area contributed by atoms with Crippen LogP contribution in [0.5, 0.6) is 0 Å². The summed E-state index contributed by atoms with van der Waals surface area (Å²) in [7, 11) is 0. The van der Waals surface area contributed by atoms with Crippen molar-refractivity contribution in [2.45, 2.75) is 13.0 Å². The summed E-state index contributed by atoms with van der Waals surface area (Å²) in [5.74, 6) is -1.34. The molecule has 1 aromatic carbocycles. The number of nitrogens with one attached hydrogen (secondary N) is 1. The molecule has 3 aromatic rings. The van der Waals surface area contributed by atoms with Crippen LogP contribution in [0.1, 0.15) is 16.6 Å². The van der Waals surface area contributed by atoms with Gasteiger partial charge in [-0.3, -0.25) is 4.79 Å². The zero-order valence-corrected chi connectivity index (χ0v) is 14.5. The van der Waals surface area contributed by atoms with Crippen molar-refractivity contribution in [3.8, 4) is 0 Å². The van der Waals surface area contributed by atoms with Gasteiger partial charge in [-0.05, 0) is 37.3 Å². The lowest BCUT2D eigenvalue weighted by atomic mass is 10.2. The molecule has 3 rings (SSSR count). The molecular weight excluding hydrogens is 367 g/mol. The summed E-state index contributed by atoms with van der Waals surface area (Å²) in [5.41, 5.74) is 0. The van der Waals surface area contributed by atoms with Crippen molar-refractivity contribution in [3.05, 3.63) is 58.3 Å². The Morgan fingerprint density at radius 2 is 2.12 bits per heavy atom. The van der Waals surface area contributed by atoms with Gasteiger partial charge in [-0.25, -0.2) is 14.2 Å². The van der Waals surface area contributed by atoms with E-state index in [1.807, 2.05) is 0 Å². The van der Waals surface area contributed by atoms with Crippen molar-refractivity contribution in [2.24, 2.45) is 0 Å². The lowest BCUT2D eigenvalue weighted by Crippen LogP contribution is -2.30. The molecule has 8 heteroatoms. The van der Waals surface area contributed by atoms with Crippen LogP contribution in [0.25, 0.3) is 10.1 Å². The molecule has 0 saturated heterocycles. The minimum Gasteiger partial charge on any atom is -0.448 e. The minimum absolute atomic E-state index is 0.226. The van der Waals surface area contributed by atoms with Crippen molar-refractivity contribution in [3.63, 3.8) is 0 Å². The molecule has 5 nitrogen and oxygen atoms in total. The van der Waals surface area contributed by atoms with Crippen LogP contribution < -0.4 is 5.32 Å². The Labute approximate surface area is 151 Å². The zero-order valence-electron chi connectivity index (χ0n) is 13.0. The molecule has 2 aromatic heterocycles. The highest BCUT2D eigenvalue weighted by Gasteiger charge is 2.21. The number of esters is 1. The topological polar surface area (TPSA) is 68.3 Å². The Morgan fingerprint density at radius 3 is 2.80 bits per heavy atom. The van der Waals surface area contributed by atoms with Crippen LogP contribution in [0.2, 0.25) is 5.02 Å². The Kier molecular flexibility index (Phi) is 4.96. The van der Waals surface area contributed by atoms with Gasteiger partial charge in [0.2, 0.25) is 0 Å². The molecule has 0 radical (unpaired) electrons. The molecule has 0 aliphatic heterocycles. The number of fused-ring (bicyclic) bond motifs is 1. The molecule has 0 saturated carbocycles. The first-order valence-electron chi connectivity index (χ1n) is 7.25. The molecule has 1 amide bonds. The molecular formula is C17H12ClFN2O3S. The molecule has 0 bridgehead atoms. The number of rotatable bonds is 4. The summed E-state index contributed by atoms with van der Waals surface area (Å²) < 4.78 is 19.5. The predicted octanol–water partition coefficient (Wildman–Crippen LogP) is 4.27. The highest BCUT2D eigenvalue weighted by Crippen LogP contribution is 2.28. The number of benzene rings is 1. The molecule has 0 aliphatic rings. The van der Waals surface area contributed by atoms with E-state index in [2.05, 4.69) is 10.3 Å². The second-order valence-corrected chi connectivity index (χ2v) is 6.68. The van der Waals surface area contributed by atoms with Gasteiger partial charge in [0.1, 0.15) is 16.5 Å². The van der Waals surface area contributed by atoms with E-state index in [1.165, 1.54) is 31.3 Å². The second-order valence-electron chi connectivity index (χ2n) is 5.16. The smallest absolute Gasteiger partial charge is 0.349 e. The maximum atomic E-state index is 13.7. The number of carbonyl (C=O) groups is 2. The molecule has 128 valence electrons. The monoisotopic (exact) mass is 378 g/mol. The Bertz CT molecular complexity index is 943. The molecule has 0 aliphatic carbocycles. The Balaban J connectivity index is 1.67. The van der Waals surface area contributed by atoms with Crippen molar-refractivity contribution in [1.82, 2.24) is 4.98 Å². The van der Waals surface area contributed by atoms with E-state index >= 15 is 0 Å². The van der Waals surface area contributed by atoms with E-state index < -0.39 is 23.8 Å². The van der Waals surface area contributed by atoms with Gasteiger partial charge < -0.3 is 10.1 Å². The average Bonchev–Trinajstić information content (AvgIpc) is 3.02. The largest absolute Gasteiger partial charge is 0.448 e. The summed E-state index contributed by atoms with van der Waals surface area (Å²) in [6.45, 7) is 1.44. The first-order chi connectivity index (χ1) is 11.9. The van der Waals surface area contributed by atoms with Crippen LogP contribution in [0.15, 0.2) is 42.6 Å². The highest BCUT2D eigenvalue weighted by atomic mass is 35.5. The van der Waals surface area contributed by atoms with Crippen LogP contribution in [-0.4, -0.2) is 23.0 Å². The average molecular weight is 379 g/mol. The van der Waals surface area contributed by atoms with E-state index in [0.717, 1.165) is 11.3 Å². The van der Waals surface area contributed by atoms with Crippen molar-refractivity contribution in [2.75, 3.05) is 5.32 Å². The summed E-state index contributed by atoms with van der Waals surface area (Å²) in [5, 5.41) is 3.31. The van der Waals surface area contributed by atoms with Gasteiger partial charge in [0.25, 0.3) is 5.91 Å². The van der Waals surface area contributed by atoms with Gasteiger partial charge >= 0.3 is 5.97 Å². The number of halogens is 2. The number of amides is 1.